The van der Waals surface area contributed by atoms with Crippen LogP contribution in [0.25, 0.3) is 0 Å². The van der Waals surface area contributed by atoms with Gasteiger partial charge in [-0.25, -0.2) is 0 Å². The molecule has 0 saturated carbocycles. The molecule has 1 saturated heterocycles. The van der Waals surface area contributed by atoms with Crippen LogP contribution in [-0.2, 0) is 0 Å². The maximum atomic E-state index is 3.61. The Morgan fingerprint density at radius 3 is 2.88 bits per heavy atom. The molecule has 17 heavy (non-hydrogen) atoms. The van der Waals surface area contributed by atoms with Gasteiger partial charge in [0, 0.05) is 31.7 Å². The fourth-order valence-electron chi connectivity index (χ4n) is 2.70. The van der Waals surface area contributed by atoms with Crippen LogP contribution in [0.2, 0.25) is 0 Å². The summed E-state index contributed by atoms with van der Waals surface area (Å²) < 4.78 is 0. The highest BCUT2D eigenvalue weighted by Crippen LogP contribution is 2.12. The van der Waals surface area contributed by atoms with Gasteiger partial charge in [-0.15, -0.1) is 0 Å². The van der Waals surface area contributed by atoms with Gasteiger partial charge in [0.05, 0.1) is 0 Å². The minimum Gasteiger partial charge on any atom is -0.313 e. The summed E-state index contributed by atoms with van der Waals surface area (Å²) in [6.45, 7) is 9.35. The molecule has 0 bridgehead atoms. The second-order valence-corrected chi connectivity index (χ2v) is 5.68. The van der Waals surface area contributed by atoms with Gasteiger partial charge in [0.25, 0.3) is 0 Å². The monoisotopic (exact) mass is 241 g/mol. The van der Waals surface area contributed by atoms with Crippen LogP contribution in [0, 0.1) is 0 Å². The Morgan fingerprint density at radius 1 is 1.47 bits per heavy atom. The first-order chi connectivity index (χ1) is 8.13. The lowest BCUT2D eigenvalue weighted by Crippen LogP contribution is -2.47. The number of piperidine rings is 1. The van der Waals surface area contributed by atoms with Gasteiger partial charge in [-0.1, -0.05) is 13.3 Å². The van der Waals surface area contributed by atoms with E-state index in [-0.39, 0.29) is 0 Å². The van der Waals surface area contributed by atoms with Crippen LogP contribution < -0.4 is 5.32 Å². The molecule has 3 heteroatoms. The van der Waals surface area contributed by atoms with E-state index in [4.69, 9.17) is 0 Å². The molecule has 3 nitrogen and oxygen atoms in total. The zero-order chi connectivity index (χ0) is 12.7. The summed E-state index contributed by atoms with van der Waals surface area (Å²) in [6.07, 6.45) is 5.28. The highest BCUT2D eigenvalue weighted by molar-refractivity contribution is 4.78. The third-order valence-corrected chi connectivity index (χ3v) is 3.90. The molecule has 1 rings (SSSR count). The molecule has 0 aromatic carbocycles. The van der Waals surface area contributed by atoms with Gasteiger partial charge in [0.2, 0.25) is 0 Å². The van der Waals surface area contributed by atoms with Gasteiger partial charge in [-0.2, -0.15) is 0 Å². The molecular formula is C14H31N3. The van der Waals surface area contributed by atoms with Crippen LogP contribution in [0.3, 0.4) is 0 Å². The third kappa shape index (κ3) is 5.84. The first-order valence-electron chi connectivity index (χ1n) is 7.25. The first kappa shape index (κ1) is 14.9. The molecule has 0 spiro atoms. The second-order valence-electron chi connectivity index (χ2n) is 5.68. The van der Waals surface area contributed by atoms with E-state index in [0.29, 0.717) is 6.04 Å². The third-order valence-electron chi connectivity index (χ3n) is 3.90. The van der Waals surface area contributed by atoms with Crippen molar-refractivity contribution in [3.8, 4) is 0 Å². The van der Waals surface area contributed by atoms with Gasteiger partial charge in [-0.05, 0) is 46.8 Å². The maximum Gasteiger partial charge on any atom is 0.0221 e. The predicted octanol–water partition coefficient (Wildman–Crippen LogP) is 1.79. The fourth-order valence-corrected chi connectivity index (χ4v) is 2.70. The van der Waals surface area contributed by atoms with Crippen LogP contribution >= 0.6 is 0 Å². The molecular weight excluding hydrogens is 210 g/mol. The van der Waals surface area contributed by atoms with E-state index < -0.39 is 0 Å². The van der Waals surface area contributed by atoms with Gasteiger partial charge in [-0.3, -0.25) is 0 Å². The molecule has 0 radical (unpaired) electrons. The summed E-state index contributed by atoms with van der Waals surface area (Å²) in [7, 11) is 4.51. The van der Waals surface area contributed by atoms with Crippen molar-refractivity contribution in [2.45, 2.75) is 51.6 Å². The van der Waals surface area contributed by atoms with Crippen LogP contribution in [0.5, 0.6) is 0 Å². The van der Waals surface area contributed by atoms with Gasteiger partial charge in [0.15, 0.2) is 0 Å². The Labute approximate surface area is 108 Å². The lowest BCUT2D eigenvalue weighted by molar-refractivity contribution is 0.134. The average Bonchev–Trinajstić information content (AvgIpc) is 2.29. The summed E-state index contributed by atoms with van der Waals surface area (Å²) in [6, 6.07) is 1.43. The molecule has 1 N–H and O–H groups in total. The lowest BCUT2D eigenvalue weighted by atomic mass is 10.1. The zero-order valence-electron chi connectivity index (χ0n) is 12.2. The van der Waals surface area contributed by atoms with Crippen molar-refractivity contribution in [2.75, 3.05) is 40.3 Å². The van der Waals surface area contributed by atoms with Crippen molar-refractivity contribution < 1.29 is 0 Å². The standard InChI is InChI=1S/C14H31N3/c1-5-7-13(2)15-9-11-17(4)14-8-6-10-16(3)12-14/h13-15H,5-12H2,1-4H3. The van der Waals surface area contributed by atoms with E-state index in [1.165, 1.54) is 45.3 Å². The largest absolute Gasteiger partial charge is 0.313 e. The lowest BCUT2D eigenvalue weighted by Gasteiger charge is -2.36. The Hall–Kier alpha value is -0.120. The number of nitrogens with one attached hydrogen (secondary N) is 1. The minimum absolute atomic E-state index is 0.669. The number of hydrogen-bond acceptors (Lipinski definition) is 3. The summed E-state index contributed by atoms with van der Waals surface area (Å²) in [4.78, 5) is 4.99. The van der Waals surface area contributed by atoms with E-state index in [1.54, 1.807) is 0 Å². The van der Waals surface area contributed by atoms with Gasteiger partial charge < -0.3 is 15.1 Å². The van der Waals surface area contributed by atoms with E-state index in [9.17, 15) is 0 Å². The molecule has 1 aliphatic heterocycles. The normalized spacial score (nSPS) is 24.2. The van der Waals surface area contributed by atoms with Crippen molar-refractivity contribution in [3.05, 3.63) is 0 Å². The van der Waals surface area contributed by atoms with Crippen molar-refractivity contribution in [3.63, 3.8) is 0 Å². The molecule has 2 atom stereocenters. The van der Waals surface area contributed by atoms with Crippen molar-refractivity contribution in [1.29, 1.82) is 0 Å². The first-order valence-corrected chi connectivity index (χ1v) is 7.25. The highest BCUT2D eigenvalue weighted by atomic mass is 15.2. The molecule has 0 aromatic heterocycles. The smallest absolute Gasteiger partial charge is 0.0221 e. The average molecular weight is 241 g/mol. The number of likely N-dealkylation sites (N-methyl/N-ethyl adjacent to an activating group) is 2. The Balaban J connectivity index is 2.13. The minimum atomic E-state index is 0.669. The highest BCUT2D eigenvalue weighted by Gasteiger charge is 2.20. The molecule has 0 aromatic rings. The van der Waals surface area contributed by atoms with Crippen LogP contribution in [-0.4, -0.2) is 62.2 Å². The van der Waals surface area contributed by atoms with Crippen LogP contribution in [0.1, 0.15) is 39.5 Å². The maximum absolute atomic E-state index is 3.61. The predicted molar refractivity (Wildman–Crippen MR) is 75.5 cm³/mol. The number of hydrogen-bond donors (Lipinski definition) is 1. The Bertz CT molecular complexity index is 196. The SMILES string of the molecule is CCCC(C)NCCN(C)C1CCCN(C)C1. The summed E-state index contributed by atoms with van der Waals surface area (Å²) >= 11 is 0. The van der Waals surface area contributed by atoms with Crippen LogP contribution in [0.4, 0.5) is 0 Å². The molecule has 1 aliphatic rings. The number of likely N-dealkylation sites (tertiary alicyclic amines) is 1. The van der Waals surface area contributed by atoms with Gasteiger partial charge >= 0.3 is 0 Å². The van der Waals surface area contributed by atoms with Crippen molar-refractivity contribution in [2.24, 2.45) is 0 Å². The van der Waals surface area contributed by atoms with Crippen molar-refractivity contribution >= 4 is 0 Å². The molecule has 102 valence electrons. The Morgan fingerprint density at radius 2 is 2.24 bits per heavy atom. The van der Waals surface area contributed by atoms with E-state index >= 15 is 0 Å². The summed E-state index contributed by atoms with van der Waals surface area (Å²) in [5.41, 5.74) is 0. The summed E-state index contributed by atoms with van der Waals surface area (Å²) in [5.74, 6) is 0. The second kappa shape index (κ2) is 8.06. The number of rotatable bonds is 7. The molecule has 1 fully saturated rings. The topological polar surface area (TPSA) is 18.5 Å². The van der Waals surface area contributed by atoms with E-state index in [2.05, 4.69) is 43.1 Å². The number of nitrogens with zero attached hydrogens (tertiary/aromatic N) is 2. The quantitative estimate of drug-likeness (QED) is 0.733. The van der Waals surface area contributed by atoms with Gasteiger partial charge in [0.1, 0.15) is 0 Å². The molecule has 0 aliphatic carbocycles. The Kier molecular flexibility index (Phi) is 7.09. The summed E-state index contributed by atoms with van der Waals surface area (Å²) in [5, 5.41) is 3.61. The zero-order valence-corrected chi connectivity index (χ0v) is 12.2. The molecule has 1 heterocycles. The van der Waals surface area contributed by atoms with E-state index in [1.807, 2.05) is 0 Å². The van der Waals surface area contributed by atoms with E-state index in [0.717, 1.165) is 12.6 Å². The van der Waals surface area contributed by atoms with Crippen LogP contribution in [0.15, 0.2) is 0 Å². The van der Waals surface area contributed by atoms with Crippen molar-refractivity contribution in [1.82, 2.24) is 15.1 Å². The fraction of sp³-hybridized carbons (Fsp3) is 1.00. The molecule has 0 amide bonds. The molecule has 2 unspecified atom stereocenters.